The van der Waals surface area contributed by atoms with E-state index in [1.54, 1.807) is 19.1 Å². The molecule has 0 saturated heterocycles. The lowest BCUT2D eigenvalue weighted by Gasteiger charge is -2.62. The molecular weight excluding hydrogens is 228 g/mol. The molecule has 1 saturated carbocycles. The maximum Gasteiger partial charge on any atom is 0.334 e. The molecule has 3 nitrogen and oxygen atoms in total. The molecule has 0 heterocycles. The summed E-state index contributed by atoms with van der Waals surface area (Å²) in [6, 6.07) is 0. The smallest absolute Gasteiger partial charge is 0.334 e. The summed E-state index contributed by atoms with van der Waals surface area (Å²) in [5.74, 6) is -0.135. The monoisotopic (exact) mass is 248 g/mol. The van der Waals surface area contributed by atoms with Gasteiger partial charge >= 0.3 is 5.97 Å². The lowest BCUT2D eigenvalue weighted by molar-refractivity contribution is -0.209. The largest absolute Gasteiger partial charge is 0.451 e. The van der Waals surface area contributed by atoms with Gasteiger partial charge in [-0.2, -0.15) is 0 Å². The molecule has 0 unspecified atom stereocenters. The summed E-state index contributed by atoms with van der Waals surface area (Å²) >= 11 is 0. The van der Waals surface area contributed by atoms with E-state index in [-0.39, 0.29) is 23.1 Å². The van der Waals surface area contributed by atoms with Crippen LogP contribution in [0.3, 0.4) is 0 Å². The summed E-state index contributed by atoms with van der Waals surface area (Å²) in [6.45, 7) is 9.46. The summed E-state index contributed by atoms with van der Waals surface area (Å²) in [5.41, 5.74) is 0.588. The van der Waals surface area contributed by atoms with Gasteiger partial charge in [0.1, 0.15) is 5.60 Å². The van der Waals surface area contributed by atoms with Gasteiger partial charge in [0, 0.05) is 23.3 Å². The van der Waals surface area contributed by atoms with Crippen molar-refractivity contribution in [2.24, 2.45) is 11.3 Å². The first kappa shape index (κ1) is 13.1. The van der Waals surface area contributed by atoms with E-state index in [4.69, 9.17) is 4.74 Å². The van der Waals surface area contributed by atoms with Gasteiger partial charge in [0.05, 0.1) is 0 Å². The van der Waals surface area contributed by atoms with Crippen LogP contribution in [0.1, 0.15) is 41.0 Å². The average molecular weight is 248 g/mol. The van der Waals surface area contributed by atoms with Crippen LogP contribution in [0.5, 0.6) is 0 Å². The van der Waals surface area contributed by atoms with Crippen molar-refractivity contribution < 1.29 is 14.3 Å². The van der Waals surface area contributed by atoms with E-state index in [9.17, 15) is 9.59 Å². The summed E-state index contributed by atoms with van der Waals surface area (Å²) < 4.78 is 5.75. The summed E-state index contributed by atoms with van der Waals surface area (Å²) in [5, 5.41) is 0. The normalized spacial score (nSPS) is 33.6. The van der Waals surface area contributed by atoms with Crippen molar-refractivity contribution >= 4 is 11.8 Å². The molecular formula is C15H20O3. The molecule has 0 aliphatic heterocycles. The predicted octanol–water partition coefficient (Wildman–Crippen LogP) is 2.81. The maximum absolute atomic E-state index is 12.0. The fourth-order valence-corrected chi connectivity index (χ4v) is 3.12. The van der Waals surface area contributed by atoms with Crippen LogP contribution in [0.15, 0.2) is 23.3 Å². The molecule has 18 heavy (non-hydrogen) atoms. The first-order valence-corrected chi connectivity index (χ1v) is 6.35. The highest BCUT2D eigenvalue weighted by atomic mass is 16.6. The van der Waals surface area contributed by atoms with Gasteiger partial charge in [-0.05, 0) is 32.4 Å². The number of esters is 1. The summed E-state index contributed by atoms with van der Waals surface area (Å²) in [6.07, 6.45) is 4.01. The number of hydrogen-bond acceptors (Lipinski definition) is 3. The zero-order valence-electron chi connectivity index (χ0n) is 11.7. The Morgan fingerprint density at radius 2 is 2.11 bits per heavy atom. The molecule has 1 fully saturated rings. The van der Waals surface area contributed by atoms with E-state index in [1.807, 2.05) is 27.7 Å². The van der Waals surface area contributed by atoms with Gasteiger partial charge in [-0.3, -0.25) is 4.79 Å². The Kier molecular flexibility index (Phi) is 2.76. The van der Waals surface area contributed by atoms with Crippen LogP contribution in [0.2, 0.25) is 0 Å². The lowest BCUT2D eigenvalue weighted by atomic mass is 9.45. The summed E-state index contributed by atoms with van der Waals surface area (Å²) in [4.78, 5) is 23.8. The molecule has 3 rings (SSSR count). The second kappa shape index (κ2) is 3.81. The van der Waals surface area contributed by atoms with Crippen molar-refractivity contribution in [1.82, 2.24) is 0 Å². The van der Waals surface area contributed by atoms with Crippen molar-refractivity contribution in [3.63, 3.8) is 0 Å². The number of allylic oxidation sites excluding steroid dienone is 2. The topological polar surface area (TPSA) is 43.4 Å². The second-order valence-electron chi connectivity index (χ2n) is 5.90. The van der Waals surface area contributed by atoms with Gasteiger partial charge in [0.2, 0.25) is 0 Å². The fourth-order valence-electron chi connectivity index (χ4n) is 3.12. The Morgan fingerprint density at radius 3 is 2.56 bits per heavy atom. The molecule has 98 valence electrons. The van der Waals surface area contributed by atoms with Crippen LogP contribution >= 0.6 is 0 Å². The molecule has 0 amide bonds. The Balaban J connectivity index is 2.35. The predicted molar refractivity (Wildman–Crippen MR) is 68.9 cm³/mol. The van der Waals surface area contributed by atoms with Crippen molar-refractivity contribution in [3.05, 3.63) is 23.3 Å². The lowest BCUT2D eigenvalue weighted by Crippen LogP contribution is -2.67. The third-order valence-corrected chi connectivity index (χ3v) is 4.76. The Morgan fingerprint density at radius 1 is 1.50 bits per heavy atom. The molecule has 0 aromatic carbocycles. The van der Waals surface area contributed by atoms with Crippen LogP contribution in [-0.2, 0) is 14.3 Å². The number of carbonyl (C=O) groups excluding carboxylic acids is 2. The zero-order chi connectivity index (χ0) is 13.7. The number of ketones is 1. The van der Waals surface area contributed by atoms with E-state index in [0.717, 1.165) is 5.57 Å². The molecule has 2 bridgehead atoms. The number of rotatable bonds is 2. The third kappa shape index (κ3) is 1.43. The highest BCUT2D eigenvalue weighted by Crippen LogP contribution is 2.62. The average Bonchev–Trinajstić information content (AvgIpc) is 2.30. The molecule has 2 atom stereocenters. The number of carbonyl (C=O) groups is 2. The van der Waals surface area contributed by atoms with E-state index in [1.165, 1.54) is 0 Å². The third-order valence-electron chi connectivity index (χ3n) is 4.76. The minimum Gasteiger partial charge on any atom is -0.451 e. The Hall–Kier alpha value is -1.38. The van der Waals surface area contributed by atoms with E-state index < -0.39 is 5.60 Å². The molecule has 0 radical (unpaired) electrons. The molecule has 0 aromatic rings. The quantitative estimate of drug-likeness (QED) is 0.557. The van der Waals surface area contributed by atoms with Gasteiger partial charge in [-0.25, -0.2) is 4.79 Å². The van der Waals surface area contributed by atoms with E-state index in [2.05, 4.69) is 0 Å². The van der Waals surface area contributed by atoms with Gasteiger partial charge in [-0.15, -0.1) is 0 Å². The fraction of sp³-hybridized carbons (Fsp3) is 0.600. The van der Waals surface area contributed by atoms with Crippen molar-refractivity contribution in [1.29, 1.82) is 0 Å². The highest BCUT2D eigenvalue weighted by molar-refractivity contribution is 5.98. The van der Waals surface area contributed by atoms with Crippen molar-refractivity contribution in [3.8, 4) is 0 Å². The first-order valence-electron chi connectivity index (χ1n) is 6.35. The first-order chi connectivity index (χ1) is 8.26. The van der Waals surface area contributed by atoms with Crippen molar-refractivity contribution in [2.75, 3.05) is 0 Å². The molecule has 0 aromatic heterocycles. The second-order valence-corrected chi connectivity index (χ2v) is 5.90. The maximum atomic E-state index is 12.0. The molecule has 3 heteroatoms. The minimum absolute atomic E-state index is 0.0140. The van der Waals surface area contributed by atoms with Crippen molar-refractivity contribution in [2.45, 2.75) is 46.6 Å². The minimum atomic E-state index is -0.590. The molecule has 0 N–H and O–H groups in total. The zero-order valence-corrected chi connectivity index (χ0v) is 11.7. The number of ether oxygens (including phenoxy) is 1. The van der Waals surface area contributed by atoms with Crippen LogP contribution in [-0.4, -0.2) is 17.4 Å². The van der Waals surface area contributed by atoms with E-state index in [0.29, 0.717) is 12.0 Å². The highest BCUT2D eigenvalue weighted by Gasteiger charge is 2.67. The van der Waals surface area contributed by atoms with Gasteiger partial charge in [-0.1, -0.05) is 19.9 Å². The Bertz CT molecular complexity index is 482. The molecule has 0 spiro atoms. The molecule has 3 aliphatic rings. The van der Waals surface area contributed by atoms with Crippen LogP contribution < -0.4 is 0 Å². The Labute approximate surface area is 108 Å². The van der Waals surface area contributed by atoms with Crippen LogP contribution in [0.4, 0.5) is 0 Å². The van der Waals surface area contributed by atoms with Gasteiger partial charge in [0.25, 0.3) is 0 Å². The van der Waals surface area contributed by atoms with E-state index >= 15 is 0 Å². The van der Waals surface area contributed by atoms with Crippen LogP contribution in [0, 0.1) is 11.3 Å². The molecule has 3 aliphatic carbocycles. The van der Waals surface area contributed by atoms with Gasteiger partial charge < -0.3 is 4.74 Å². The van der Waals surface area contributed by atoms with Gasteiger partial charge in [0.15, 0.2) is 5.78 Å². The number of hydrogen-bond donors (Lipinski definition) is 0. The standard InChI is InChI=1S/C15H20O3/c1-6-9(2)13(17)18-15-8-11(14(15,4)5)12(16)7-10(15)3/h6-7,11H,8H2,1-5H3/b9-6-/t11-,15-/m1/s1. The summed E-state index contributed by atoms with van der Waals surface area (Å²) in [7, 11) is 0. The number of fused-ring (bicyclic) bond motifs is 1. The van der Waals surface area contributed by atoms with Crippen LogP contribution in [0.25, 0.3) is 0 Å². The SMILES string of the molecule is C/C=C(/C)C(=O)O[C@]12C[C@H](C(=O)C=C1C)C2(C)C.